The van der Waals surface area contributed by atoms with E-state index < -0.39 is 109 Å². The number of nitrogens with two attached hydrogens (primary N) is 2. The summed E-state index contributed by atoms with van der Waals surface area (Å²) in [5, 5.41) is 12.2. The second kappa shape index (κ2) is 134. The molecule has 0 aliphatic heterocycles. The van der Waals surface area contributed by atoms with Crippen LogP contribution in [-0.4, -0.2) is 200 Å². The molecule has 0 heterocycles. The molecule has 0 aromatic carbocycles. The summed E-state index contributed by atoms with van der Waals surface area (Å²) >= 11 is 0. The van der Waals surface area contributed by atoms with Crippen molar-refractivity contribution in [2.75, 3.05) is 146 Å². The number of ketones is 1. The predicted octanol–water partition coefficient (Wildman–Crippen LogP) is 16.9. The Morgan fingerprint density at radius 3 is 0.869 bits per heavy atom. The van der Waals surface area contributed by atoms with Crippen molar-refractivity contribution in [1.82, 2.24) is 0 Å². The molecule has 99 heavy (non-hydrogen) atoms. The number of carbonyl (C=O) groups excluding carboxylic acids is 2. The van der Waals surface area contributed by atoms with Gasteiger partial charge in [-0.2, -0.15) is 39.3 Å². The number of Topliss-reactive ketones (excluding diaryl/α,β-unsaturated/α-hetero) is 1. The number of hydrogen-bond acceptors (Lipinski definition) is 25. The molecule has 27 nitrogen and oxygen atoms in total. The van der Waals surface area contributed by atoms with E-state index >= 15 is 0 Å². The summed E-state index contributed by atoms with van der Waals surface area (Å²) in [6.45, 7) is 20.8. The Labute approximate surface area is 597 Å². The van der Waals surface area contributed by atoms with Crippen molar-refractivity contribution in [2.45, 2.75) is 201 Å². The minimum Gasteiger partial charge on any atom is -0.469 e. The molecule has 0 saturated heterocycles. The van der Waals surface area contributed by atoms with Gasteiger partial charge in [0.15, 0.2) is 5.96 Å². The van der Waals surface area contributed by atoms with Crippen LogP contribution < -0.4 is 11.5 Å². The van der Waals surface area contributed by atoms with Gasteiger partial charge in [0.25, 0.3) is 0 Å². The molecule has 0 aliphatic carbocycles. The summed E-state index contributed by atoms with van der Waals surface area (Å²) in [6, 6.07) is 0. The monoisotopic (exact) mass is 1500 g/mol. The van der Waals surface area contributed by atoms with Gasteiger partial charge in [0.2, 0.25) is 0 Å². The average Bonchev–Trinajstić information content (AvgIpc) is 0.957. The van der Waals surface area contributed by atoms with Crippen LogP contribution in [0.1, 0.15) is 165 Å². The zero-order chi connectivity index (χ0) is 64.0. The van der Waals surface area contributed by atoms with Crippen LogP contribution in [0.25, 0.3) is 0 Å². The van der Waals surface area contributed by atoms with Crippen LogP contribution in [0.3, 0.4) is 0 Å². The molecular weight excluding hydrogens is 1350 g/mol. The summed E-state index contributed by atoms with van der Waals surface area (Å²) in [5.41, 5.74) is 10.5. The Kier molecular flexibility index (Phi) is 213. The van der Waals surface area contributed by atoms with Gasteiger partial charge in [-0.15, -0.1) is 52.6 Å². The van der Waals surface area contributed by atoms with Crippen molar-refractivity contribution in [1.29, 1.82) is 0 Å². The number of ether oxygens (including phenoxy) is 10. The minimum atomic E-state index is -1.29. The van der Waals surface area contributed by atoms with Gasteiger partial charge < -0.3 is 58.8 Å². The molecule has 1 unspecified atom stereocenters. The van der Waals surface area contributed by atoms with Crippen LogP contribution in [0.15, 0.2) is 57.6 Å². The van der Waals surface area contributed by atoms with Crippen molar-refractivity contribution in [3.8, 4) is 0 Å². The largest absolute Gasteiger partial charge is 0.469 e. The fourth-order valence-corrected chi connectivity index (χ4v) is 5.55. The summed E-state index contributed by atoms with van der Waals surface area (Å²) in [7, 11) is 1.34. The van der Waals surface area contributed by atoms with E-state index in [1.807, 2.05) is 0 Å². The maximum Gasteiger partial charge on any atom is 0.309 e. The molecule has 1 atom stereocenters. The Morgan fingerprint density at radius 2 is 0.646 bits per heavy atom. The zero-order valence-corrected chi connectivity index (χ0v) is 47.6. The van der Waals surface area contributed by atoms with E-state index in [9.17, 15) is 45.8 Å². The molecule has 0 saturated carbocycles. The van der Waals surface area contributed by atoms with Crippen molar-refractivity contribution >= 4 is 17.7 Å². The van der Waals surface area contributed by atoms with Gasteiger partial charge in [-0.1, -0.05) is 133 Å². The van der Waals surface area contributed by atoms with Gasteiger partial charge >= 0.3 is 5.97 Å². The number of esters is 1. The topological polar surface area (TPSA) is 302 Å². The van der Waals surface area contributed by atoms with E-state index in [4.69, 9.17) is 58.8 Å². The van der Waals surface area contributed by atoms with Gasteiger partial charge in [0.1, 0.15) is 95.3 Å². The second-order valence-electron chi connectivity index (χ2n) is 15.5. The number of aliphatic imine (C=N–C) groups is 1. The fraction of sp³-hybridized carbons (Fsp3) is 0.828. The Balaban J connectivity index is -0.0000000581. The van der Waals surface area contributed by atoms with E-state index in [1.165, 1.54) is 7.11 Å². The lowest BCUT2D eigenvalue weighted by molar-refractivity contribution is -0.454. The van der Waals surface area contributed by atoms with Crippen LogP contribution in [0.5, 0.6) is 0 Å². The molecule has 624 valence electrons. The lowest BCUT2D eigenvalue weighted by Gasteiger charge is -2.29. The first kappa shape index (κ1) is 157. The highest BCUT2D eigenvalue weighted by Gasteiger charge is 2.27. The van der Waals surface area contributed by atoms with Crippen LogP contribution >= 0.6 is 0 Å². The van der Waals surface area contributed by atoms with Crippen LogP contribution in [0, 0.1) is 11.8 Å². The average molecular weight is 1500 g/mol. The van der Waals surface area contributed by atoms with Crippen molar-refractivity contribution in [3.05, 3.63) is 52.6 Å². The molecule has 0 spiro atoms. The number of halogens is 8. The number of guanidine groups is 1. The molecule has 4 N–H and O–H groups in total. The SMILES string of the molecule is C.C.C.C.C.C.C.C.C.C.C.C.C.C.C.C.C=C.C=C.C=C.C=C.COC(=O)C(CCCN=C(N)N)CC(=O)CCC(C)C.FOCCOCC(COCCOF)OCC(COC(COCCOF)COCCOF)OC(COC(COOF)COOF)COC(COOF)COOF. The Hall–Kier alpha value is -4.03. The van der Waals surface area contributed by atoms with Gasteiger partial charge in [-0.25, -0.2) is 0 Å². The van der Waals surface area contributed by atoms with Gasteiger partial charge in [-0.3, -0.25) is 14.6 Å². The van der Waals surface area contributed by atoms with Crippen molar-refractivity contribution in [2.24, 2.45) is 28.3 Å². The van der Waals surface area contributed by atoms with Gasteiger partial charge in [0.05, 0.1) is 92.3 Å². The summed E-state index contributed by atoms with van der Waals surface area (Å²) < 4.78 is 152. The minimum absolute atomic E-state index is 0. The third kappa shape index (κ3) is 118. The van der Waals surface area contributed by atoms with Crippen molar-refractivity contribution in [3.63, 3.8) is 0 Å². The standard InChI is InChI=1S/C26H46F8O21.C14H27N3O3.4C2H4.16CH4/c27-43-5-1-35-9-21(10-36-2-6-44-28)39-13-25(14-40-22(11-37-3-7-45-29)12-38-4-8-46-30)51-26(15-41-23(17-47-52-31)18-48-53-32)16-42-24(19-49-54-33)20-50-55-34;1-10(2)6-7-12(18)9-11(13(19)20-3)5-4-8-17-14(15)16;4*1-2;;;;;;;;;;;;;;;;/h21-26H,1-20H2;10-11H,4-9H2,1-3H3,(H4,15,16,17);4*1-2H2;16*1H4. The lowest BCUT2D eigenvalue weighted by Crippen LogP contribution is -2.41. The predicted molar refractivity (Wildman–Crippen MR) is 384 cm³/mol. The zero-order valence-electron chi connectivity index (χ0n) is 47.6. The van der Waals surface area contributed by atoms with Gasteiger partial charge in [0, 0.05) is 19.4 Å². The molecular formula is C64H153F8N3O24. The molecule has 0 fully saturated rings. The number of carbonyl (C=O) groups is 2. The van der Waals surface area contributed by atoms with E-state index in [0.717, 1.165) is 6.42 Å². The number of methoxy groups -OCH3 is 1. The lowest BCUT2D eigenvalue weighted by atomic mass is 9.94. The molecule has 35 heteroatoms. The fourth-order valence-electron chi connectivity index (χ4n) is 5.55. The highest BCUT2D eigenvalue weighted by molar-refractivity contribution is 5.84. The highest BCUT2D eigenvalue weighted by Crippen LogP contribution is 2.17. The Morgan fingerprint density at radius 1 is 0.384 bits per heavy atom. The third-order valence-electron chi connectivity index (χ3n) is 9.10. The molecule has 0 radical (unpaired) electrons. The normalized spacial score (nSPS) is 9.43. The first-order valence-electron chi connectivity index (χ1n) is 25.0. The molecule has 0 aromatic heterocycles. The second-order valence-corrected chi connectivity index (χ2v) is 15.5. The molecule has 0 aliphatic rings. The maximum atomic E-state index is 12.2. The molecule has 0 bridgehead atoms. The number of nitrogens with zero attached hydrogens (tertiary/aromatic N) is 1. The summed E-state index contributed by atoms with van der Waals surface area (Å²) in [4.78, 5) is 57.8. The first-order chi connectivity index (χ1) is 40.4. The maximum absolute atomic E-state index is 12.2. The van der Waals surface area contributed by atoms with Crippen LogP contribution in [-0.2, 0) is 117 Å². The smallest absolute Gasteiger partial charge is 0.309 e. The highest BCUT2D eigenvalue weighted by atomic mass is 19.3. The first-order valence-corrected chi connectivity index (χ1v) is 25.0. The summed E-state index contributed by atoms with van der Waals surface area (Å²) in [5.74, 6) is -0.109. The van der Waals surface area contributed by atoms with E-state index in [1.54, 1.807) is 0 Å². The molecule has 0 rings (SSSR count). The van der Waals surface area contributed by atoms with E-state index in [0.29, 0.717) is 31.7 Å². The number of hydrogen-bond donors (Lipinski definition) is 2. The van der Waals surface area contributed by atoms with Crippen LogP contribution in [0.4, 0.5) is 36.2 Å². The summed E-state index contributed by atoms with van der Waals surface area (Å²) in [6.07, 6.45) is -4.01. The molecule has 0 amide bonds. The van der Waals surface area contributed by atoms with Crippen LogP contribution in [0.2, 0.25) is 0 Å². The van der Waals surface area contributed by atoms with E-state index in [2.05, 4.69) is 131 Å². The third-order valence-corrected chi connectivity index (χ3v) is 9.10. The Bertz CT molecular complexity index is 1270. The van der Waals surface area contributed by atoms with E-state index in [-0.39, 0.29) is 209 Å². The van der Waals surface area contributed by atoms with Gasteiger partial charge in [-0.05, 0) is 81.8 Å². The quantitative estimate of drug-likeness (QED) is 0.00835. The van der Waals surface area contributed by atoms with Crippen molar-refractivity contribution < 1.29 is 153 Å². The molecule has 0 aromatic rings. The number of rotatable bonds is 56.